The summed E-state index contributed by atoms with van der Waals surface area (Å²) in [7, 11) is 1.37. The van der Waals surface area contributed by atoms with Gasteiger partial charge in [0.1, 0.15) is 33.6 Å². The predicted octanol–water partition coefficient (Wildman–Crippen LogP) is 30.3. The van der Waals surface area contributed by atoms with E-state index in [4.69, 9.17) is 9.15 Å². The smallest absolute Gasteiger partial charge is 0.339 e. The van der Waals surface area contributed by atoms with Crippen LogP contribution in [0.5, 0.6) is 5.75 Å². The van der Waals surface area contributed by atoms with Crippen molar-refractivity contribution in [3.05, 3.63) is 276 Å². The Hall–Kier alpha value is -9.28. The molecule has 0 fully saturated rings. The molecular formula is C109H148N6O6S3. The van der Waals surface area contributed by atoms with Gasteiger partial charge in [0, 0.05) is 68.7 Å². The molecule has 7 heterocycles. The van der Waals surface area contributed by atoms with Crippen molar-refractivity contribution in [2.24, 2.45) is 22.7 Å². The number of aryl methyl sites for hydroxylation is 5. The van der Waals surface area contributed by atoms with Crippen LogP contribution in [0.3, 0.4) is 0 Å². The number of methoxy groups -OCH3 is 1. The fraction of sp³-hybridized carbons (Fsp3) is 0.468. The molecule has 124 heavy (non-hydrogen) atoms. The van der Waals surface area contributed by atoms with Crippen LogP contribution in [0, 0.1) is 36.5 Å². The summed E-state index contributed by atoms with van der Waals surface area (Å²) in [6, 6.07) is 56.6. The van der Waals surface area contributed by atoms with E-state index in [1.54, 1.807) is 57.2 Å². The number of pyridine rings is 3. The maximum absolute atomic E-state index is 11.9. The maximum atomic E-state index is 11.9. The van der Waals surface area contributed by atoms with Crippen molar-refractivity contribution in [2.45, 2.75) is 298 Å². The number of ether oxygens (including phenoxy) is 2. The highest BCUT2D eigenvalue weighted by Crippen LogP contribution is 2.40. The van der Waals surface area contributed by atoms with Gasteiger partial charge in [-0.2, -0.15) is 0 Å². The Morgan fingerprint density at radius 3 is 1.77 bits per heavy atom. The molecule has 668 valence electrons. The number of anilines is 1. The van der Waals surface area contributed by atoms with Gasteiger partial charge in [0.2, 0.25) is 0 Å². The lowest BCUT2D eigenvalue weighted by Gasteiger charge is -2.20. The van der Waals surface area contributed by atoms with Crippen molar-refractivity contribution in [1.82, 2.24) is 24.9 Å². The van der Waals surface area contributed by atoms with E-state index in [0.29, 0.717) is 46.6 Å². The molecule has 5 aromatic carbocycles. The van der Waals surface area contributed by atoms with Crippen LogP contribution < -0.4 is 10.1 Å². The summed E-state index contributed by atoms with van der Waals surface area (Å²) < 4.78 is 17.6. The quantitative estimate of drug-likeness (QED) is 0.103. The van der Waals surface area contributed by atoms with Gasteiger partial charge in [-0.15, -0.1) is 34.0 Å². The summed E-state index contributed by atoms with van der Waals surface area (Å²) in [5.41, 5.74) is 16.4. The Balaban J connectivity index is 0.000000220. The molecule has 1 aliphatic carbocycles. The summed E-state index contributed by atoms with van der Waals surface area (Å²) in [5.74, 6) is 3.28. The van der Waals surface area contributed by atoms with Crippen LogP contribution in [0.4, 0.5) is 5.69 Å². The molecule has 15 heteroatoms. The van der Waals surface area contributed by atoms with Gasteiger partial charge in [-0.3, -0.25) is 24.5 Å². The first kappa shape index (κ1) is 104. The lowest BCUT2D eigenvalue weighted by Crippen LogP contribution is -2.17. The van der Waals surface area contributed by atoms with E-state index in [1.807, 2.05) is 108 Å². The molecule has 0 saturated heterocycles. The number of carbonyl (C=O) groups is 3. The predicted molar refractivity (Wildman–Crippen MR) is 530 cm³/mol. The number of rotatable bonds is 14. The van der Waals surface area contributed by atoms with Gasteiger partial charge in [-0.25, -0.2) is 14.8 Å². The number of benzene rings is 5. The number of thiazole rings is 2. The van der Waals surface area contributed by atoms with Crippen molar-refractivity contribution in [2.75, 3.05) is 19.0 Å². The maximum Gasteiger partial charge on any atom is 0.339 e. The Morgan fingerprint density at radius 1 is 0.589 bits per heavy atom. The highest BCUT2D eigenvalue weighted by atomic mass is 32.1. The number of amides is 1. The first-order valence-electron chi connectivity index (χ1n) is 44.3. The summed E-state index contributed by atoms with van der Waals surface area (Å²) in [4.78, 5) is 61.1. The van der Waals surface area contributed by atoms with Gasteiger partial charge in [-0.1, -0.05) is 291 Å². The normalized spacial score (nSPS) is 12.9. The van der Waals surface area contributed by atoms with Crippen LogP contribution in [0.15, 0.2) is 199 Å². The molecule has 0 radical (unpaired) electrons. The van der Waals surface area contributed by atoms with Gasteiger partial charge >= 0.3 is 5.97 Å². The van der Waals surface area contributed by atoms with Crippen molar-refractivity contribution in [3.8, 4) is 16.5 Å². The second-order valence-electron chi connectivity index (χ2n) is 41.6. The number of hydrogen-bond acceptors (Lipinski definition) is 14. The molecule has 12 nitrogen and oxygen atoms in total. The Kier molecular flexibility index (Phi) is 38.6. The zero-order valence-electron chi connectivity index (χ0n) is 81.1. The van der Waals surface area contributed by atoms with E-state index in [-0.39, 0.29) is 44.4 Å². The molecule has 1 unspecified atom stereocenters. The average Bonchev–Trinajstić information content (AvgIpc) is 1.65. The lowest BCUT2D eigenvalue weighted by molar-refractivity contribution is -0.119. The first-order valence-corrected chi connectivity index (χ1v) is 46.7. The highest BCUT2D eigenvalue weighted by Gasteiger charge is 2.27. The summed E-state index contributed by atoms with van der Waals surface area (Å²) in [6.07, 6.45) is 16.6. The van der Waals surface area contributed by atoms with Crippen LogP contribution in [-0.4, -0.2) is 56.3 Å². The number of Topliss-reactive ketones (excluding diaryl/α,β-unsaturated/α-hetero) is 1. The van der Waals surface area contributed by atoms with E-state index < -0.39 is 0 Å². The van der Waals surface area contributed by atoms with Crippen molar-refractivity contribution < 1.29 is 28.3 Å². The fourth-order valence-electron chi connectivity index (χ4n) is 13.4. The molecule has 1 N–H and O–H groups in total. The molecule has 1 atom stereocenters. The molecular weight excluding hydrogens is 1590 g/mol. The number of nitrogens with one attached hydrogen (secondary N) is 1. The van der Waals surface area contributed by atoms with Gasteiger partial charge < -0.3 is 19.2 Å². The molecule has 0 spiro atoms. The minimum atomic E-state index is -0.344. The third-order valence-corrected chi connectivity index (χ3v) is 24.8. The lowest BCUT2D eigenvalue weighted by atomic mass is 9.85. The Bertz CT molecular complexity index is 5230. The van der Waals surface area contributed by atoms with Gasteiger partial charge in [0.25, 0.3) is 5.91 Å². The number of fused-ring (bicyclic) bond motifs is 3. The van der Waals surface area contributed by atoms with E-state index in [2.05, 4.69) is 315 Å². The van der Waals surface area contributed by atoms with E-state index in [1.165, 1.54) is 87.6 Å². The average molecular weight is 1730 g/mol. The monoisotopic (exact) mass is 1730 g/mol. The second-order valence-corrected chi connectivity index (χ2v) is 44.9. The third-order valence-electron chi connectivity index (χ3n) is 20.4. The third kappa shape index (κ3) is 35.3. The van der Waals surface area contributed by atoms with E-state index in [0.717, 1.165) is 81.2 Å². The number of esters is 1. The molecule has 12 aromatic rings. The molecule has 1 amide bonds. The molecule has 0 saturated carbocycles. The van der Waals surface area contributed by atoms with Crippen molar-refractivity contribution in [1.29, 1.82) is 0 Å². The molecule has 7 aromatic heterocycles. The minimum Gasteiger partial charge on any atom is -0.493 e. The van der Waals surface area contributed by atoms with Crippen LogP contribution in [0.25, 0.3) is 31.9 Å². The Morgan fingerprint density at radius 2 is 1.21 bits per heavy atom. The van der Waals surface area contributed by atoms with Gasteiger partial charge in [0.15, 0.2) is 0 Å². The largest absolute Gasteiger partial charge is 0.493 e. The number of carbonyl (C=O) groups excluding carboxylic acids is 3. The van der Waals surface area contributed by atoms with Crippen LogP contribution >= 0.6 is 34.0 Å². The number of aromatic nitrogens is 5. The van der Waals surface area contributed by atoms with Crippen LogP contribution in [-0.2, 0) is 74.1 Å². The number of hydrogen-bond donors (Lipinski definition) is 1. The summed E-state index contributed by atoms with van der Waals surface area (Å²) in [6.45, 7) is 66.5. The fourth-order valence-corrected chi connectivity index (χ4v) is 16.8. The standard InChI is InChI=1S/C16H18N2O.C16H24O.C14H19NS.C13H16N2S.C13H16O.C13H20O.C13H20S.C11H15NO2/c1-16(2,3)12-7-9-13(10-8-12)18-15(19)14-6-4-5-11-17-14;1-12(2)9-15(17)11-13-7-6-8-14(10-13)16(3,4)5;1-14(2,3)10-6-9-13-15-11-7-4-5-8-12(11)16-13;1-9-11(13(2,3)4)16-12(15-9)10-7-5-6-8-14-10;1-9-10-7-5-6-8-11(10)14-12(9)13(2,3)4;1-5-11-8-6-7-9-12(11)14-10-13(2,3)4;1-9-5-6-11-10(7-9)8-12(14-11)13(2,3)4;1-11(2,3)9-5-8(6-12-7-9)10(13)14-4/h4-11H,1-3H3,(H,18,19);6-8,10,12H,9,11H2,1-5H3;4-5,7-8H,6,9-10H2,1-3H3;5-8H,1-4H3;5-8H,1-4H3;6-9H,5,10H2,1-4H3;8-9H,5-7H2,1-4H3;5-7H,1-4H3. The topological polar surface area (TPSA) is 159 Å². The zero-order valence-corrected chi connectivity index (χ0v) is 83.6. The number of ketones is 1. The number of para-hydroxylation sites is 3. The molecule has 1 aliphatic rings. The van der Waals surface area contributed by atoms with Crippen molar-refractivity contribution in [3.63, 3.8) is 0 Å². The molecule has 0 bridgehead atoms. The number of furan rings is 1. The zero-order chi connectivity index (χ0) is 92.3. The van der Waals surface area contributed by atoms with Crippen LogP contribution in [0.2, 0.25) is 0 Å². The first-order chi connectivity index (χ1) is 57.7. The van der Waals surface area contributed by atoms with Crippen LogP contribution in [0.1, 0.15) is 310 Å². The Labute approximate surface area is 758 Å². The summed E-state index contributed by atoms with van der Waals surface area (Å²) in [5, 5.41) is 6.37. The SMILES string of the molecule is CC(C)(C)CCCc1nc2ccccc2s1.CC(C)(C)c1ccc(NC(=O)c2ccccn2)cc1.CC(C)CC(=O)Cc1cccc(C(C)(C)C)c1.CC1CCc2sc(C(C)(C)C)cc2C1.CCc1ccccc1OCC(C)(C)C.COC(=O)c1cncc(C(C)(C)C)c1.Cc1c(C(C)(C)C)oc2ccccc12.Cc1nc(-c2ccccn2)sc1C(C)(C)C. The molecule has 13 rings (SSSR count). The number of nitrogens with zero attached hydrogens (tertiary/aromatic N) is 5. The second kappa shape index (κ2) is 46.3. The van der Waals surface area contributed by atoms with E-state index in [9.17, 15) is 14.4 Å². The van der Waals surface area contributed by atoms with E-state index >= 15 is 0 Å². The summed E-state index contributed by atoms with van der Waals surface area (Å²) >= 11 is 5.63. The number of thiophene rings is 1. The highest BCUT2D eigenvalue weighted by molar-refractivity contribution is 7.18. The minimum absolute atomic E-state index is 0.00295. The molecule has 0 aliphatic heterocycles. The van der Waals surface area contributed by atoms with Gasteiger partial charge in [0.05, 0.1) is 45.9 Å². The van der Waals surface area contributed by atoms with Crippen molar-refractivity contribution >= 4 is 78.5 Å². The van der Waals surface area contributed by atoms with Gasteiger partial charge in [-0.05, 0) is 220 Å².